The van der Waals surface area contributed by atoms with Gasteiger partial charge in [0.25, 0.3) is 0 Å². The maximum Gasteiger partial charge on any atom is 0.225 e. The van der Waals surface area contributed by atoms with Crippen LogP contribution in [-0.2, 0) is 9.53 Å². The number of carbonyl (C=O) groups excluding carboxylic acids is 1. The molecule has 2 aliphatic rings. The third-order valence-electron chi connectivity index (χ3n) is 4.18. The Balaban J connectivity index is 1.87. The highest BCUT2D eigenvalue weighted by molar-refractivity contribution is 5.79. The van der Waals surface area contributed by atoms with Crippen LogP contribution in [0.4, 0.5) is 0 Å². The maximum absolute atomic E-state index is 12.5. The summed E-state index contributed by atoms with van der Waals surface area (Å²) < 4.78 is 5.14. The highest BCUT2D eigenvalue weighted by atomic mass is 16.5. The van der Waals surface area contributed by atoms with Gasteiger partial charge in [0.2, 0.25) is 5.91 Å². The van der Waals surface area contributed by atoms with E-state index in [0.29, 0.717) is 18.6 Å². The third-order valence-corrected chi connectivity index (χ3v) is 4.18. The van der Waals surface area contributed by atoms with Crippen LogP contribution in [0.5, 0.6) is 0 Å². The largest absolute Gasteiger partial charge is 0.383 e. The van der Waals surface area contributed by atoms with Crippen LogP contribution in [0.2, 0.25) is 0 Å². The number of hydrogen-bond acceptors (Lipinski definition) is 3. The molecule has 2 fully saturated rings. The highest BCUT2D eigenvalue weighted by Crippen LogP contribution is 2.26. The minimum atomic E-state index is 0.281. The Hall–Kier alpha value is -0.610. The van der Waals surface area contributed by atoms with Gasteiger partial charge in [-0.05, 0) is 32.2 Å². The first-order chi connectivity index (χ1) is 8.81. The summed E-state index contributed by atoms with van der Waals surface area (Å²) >= 11 is 0. The lowest BCUT2D eigenvalue weighted by Crippen LogP contribution is -2.44. The average Bonchev–Trinajstić information content (AvgIpc) is 3.06. The van der Waals surface area contributed by atoms with E-state index in [2.05, 4.69) is 5.32 Å². The van der Waals surface area contributed by atoms with Crippen LogP contribution in [0.1, 0.15) is 38.5 Å². The van der Waals surface area contributed by atoms with E-state index >= 15 is 0 Å². The molecule has 4 nitrogen and oxygen atoms in total. The molecule has 4 heteroatoms. The molecule has 1 heterocycles. The van der Waals surface area contributed by atoms with E-state index < -0.39 is 0 Å². The monoisotopic (exact) mass is 254 g/mol. The van der Waals surface area contributed by atoms with Crippen LogP contribution >= 0.6 is 0 Å². The molecule has 1 atom stereocenters. The fraction of sp³-hybridized carbons (Fsp3) is 0.929. The number of methoxy groups -OCH3 is 1. The van der Waals surface area contributed by atoms with Crippen LogP contribution in [0.25, 0.3) is 0 Å². The predicted molar refractivity (Wildman–Crippen MR) is 71.4 cm³/mol. The summed E-state index contributed by atoms with van der Waals surface area (Å²) in [5.74, 6) is 0.640. The Morgan fingerprint density at radius 2 is 2.06 bits per heavy atom. The van der Waals surface area contributed by atoms with E-state index in [0.717, 1.165) is 32.5 Å². The maximum atomic E-state index is 12.5. The van der Waals surface area contributed by atoms with Gasteiger partial charge in [-0.2, -0.15) is 0 Å². The van der Waals surface area contributed by atoms with E-state index in [1.54, 1.807) is 7.11 Å². The predicted octanol–water partition coefficient (Wildman–Crippen LogP) is 1.40. The van der Waals surface area contributed by atoms with E-state index in [1.165, 1.54) is 25.7 Å². The number of ether oxygens (including phenoxy) is 1. The number of rotatable bonds is 6. The molecule has 18 heavy (non-hydrogen) atoms. The molecule has 1 N–H and O–H groups in total. The third kappa shape index (κ3) is 3.69. The Morgan fingerprint density at radius 3 is 2.67 bits per heavy atom. The normalized spacial score (nSPS) is 24.6. The van der Waals surface area contributed by atoms with Crippen molar-refractivity contribution >= 4 is 5.91 Å². The second-order valence-electron chi connectivity index (χ2n) is 5.55. The molecular weight excluding hydrogens is 228 g/mol. The molecule has 1 aliphatic carbocycles. The van der Waals surface area contributed by atoms with E-state index in [9.17, 15) is 4.79 Å². The summed E-state index contributed by atoms with van der Waals surface area (Å²) in [7, 11) is 1.70. The quantitative estimate of drug-likeness (QED) is 0.779. The molecule has 1 saturated heterocycles. The van der Waals surface area contributed by atoms with Gasteiger partial charge in [-0.1, -0.05) is 12.8 Å². The number of nitrogens with one attached hydrogen (secondary N) is 1. The Kier molecular flexibility index (Phi) is 5.45. The smallest absolute Gasteiger partial charge is 0.225 e. The highest BCUT2D eigenvalue weighted by Gasteiger charge is 2.29. The molecule has 1 aliphatic heterocycles. The van der Waals surface area contributed by atoms with Crippen LogP contribution in [0.3, 0.4) is 0 Å². The summed E-state index contributed by atoms with van der Waals surface area (Å²) in [5, 5.41) is 3.47. The van der Waals surface area contributed by atoms with Gasteiger partial charge < -0.3 is 15.0 Å². The molecule has 0 radical (unpaired) electrons. The van der Waals surface area contributed by atoms with Gasteiger partial charge in [0.1, 0.15) is 0 Å². The van der Waals surface area contributed by atoms with Gasteiger partial charge >= 0.3 is 0 Å². The summed E-state index contributed by atoms with van der Waals surface area (Å²) in [5.41, 5.74) is 0. The van der Waals surface area contributed by atoms with Gasteiger partial charge in [0.05, 0.1) is 6.61 Å². The van der Waals surface area contributed by atoms with Crippen molar-refractivity contribution < 1.29 is 9.53 Å². The summed E-state index contributed by atoms with van der Waals surface area (Å²) in [6, 6.07) is 0.493. The molecule has 1 saturated carbocycles. The number of hydrogen-bond donors (Lipinski definition) is 1. The molecule has 2 rings (SSSR count). The van der Waals surface area contributed by atoms with Crippen molar-refractivity contribution in [2.75, 3.05) is 33.4 Å². The van der Waals surface area contributed by atoms with Crippen molar-refractivity contribution in [2.45, 2.75) is 44.6 Å². The molecule has 0 aromatic heterocycles. The number of nitrogens with zero attached hydrogens (tertiary/aromatic N) is 1. The van der Waals surface area contributed by atoms with E-state index in [-0.39, 0.29) is 5.92 Å². The van der Waals surface area contributed by atoms with Gasteiger partial charge in [-0.3, -0.25) is 4.79 Å². The number of carbonyl (C=O) groups is 1. The fourth-order valence-corrected chi connectivity index (χ4v) is 3.10. The van der Waals surface area contributed by atoms with Crippen LogP contribution in [-0.4, -0.2) is 50.2 Å². The topological polar surface area (TPSA) is 41.6 Å². The minimum Gasteiger partial charge on any atom is -0.383 e. The average molecular weight is 254 g/mol. The Morgan fingerprint density at radius 1 is 1.28 bits per heavy atom. The lowest BCUT2D eigenvalue weighted by Gasteiger charge is -2.28. The SMILES string of the molecule is COCCN(CC1CCCN1)C(=O)C1CCCC1. The minimum absolute atomic E-state index is 0.281. The second kappa shape index (κ2) is 7.10. The van der Waals surface area contributed by atoms with Crippen LogP contribution < -0.4 is 5.32 Å². The van der Waals surface area contributed by atoms with Crippen molar-refractivity contribution in [3.8, 4) is 0 Å². The van der Waals surface area contributed by atoms with Crippen molar-refractivity contribution in [2.24, 2.45) is 5.92 Å². The van der Waals surface area contributed by atoms with Crippen molar-refractivity contribution in [3.05, 3.63) is 0 Å². The van der Waals surface area contributed by atoms with Gasteiger partial charge in [-0.15, -0.1) is 0 Å². The fourth-order valence-electron chi connectivity index (χ4n) is 3.10. The second-order valence-corrected chi connectivity index (χ2v) is 5.55. The molecule has 104 valence electrons. The lowest BCUT2D eigenvalue weighted by atomic mass is 10.1. The van der Waals surface area contributed by atoms with Crippen LogP contribution in [0, 0.1) is 5.92 Å². The lowest BCUT2D eigenvalue weighted by molar-refractivity contribution is -0.136. The van der Waals surface area contributed by atoms with Gasteiger partial charge in [-0.25, -0.2) is 0 Å². The number of amides is 1. The van der Waals surface area contributed by atoms with Gasteiger partial charge in [0.15, 0.2) is 0 Å². The standard InChI is InChI=1S/C14H26N2O2/c1-18-10-9-16(11-13-7-4-8-15-13)14(17)12-5-2-3-6-12/h12-13,15H,2-11H2,1H3. The van der Waals surface area contributed by atoms with E-state index in [1.807, 2.05) is 4.90 Å². The first kappa shape index (κ1) is 13.8. The Labute approximate surface area is 110 Å². The van der Waals surface area contributed by atoms with Crippen molar-refractivity contribution in [1.82, 2.24) is 10.2 Å². The molecule has 0 aromatic carbocycles. The summed E-state index contributed by atoms with van der Waals surface area (Å²) in [6.07, 6.45) is 7.04. The summed E-state index contributed by atoms with van der Waals surface area (Å²) in [4.78, 5) is 14.5. The molecular formula is C14H26N2O2. The zero-order valence-corrected chi connectivity index (χ0v) is 11.5. The zero-order valence-electron chi connectivity index (χ0n) is 11.5. The van der Waals surface area contributed by atoms with E-state index in [4.69, 9.17) is 4.74 Å². The van der Waals surface area contributed by atoms with Crippen molar-refractivity contribution in [3.63, 3.8) is 0 Å². The first-order valence-corrected chi connectivity index (χ1v) is 7.32. The van der Waals surface area contributed by atoms with Crippen molar-refractivity contribution in [1.29, 1.82) is 0 Å². The molecule has 0 spiro atoms. The first-order valence-electron chi connectivity index (χ1n) is 7.32. The molecule has 0 bridgehead atoms. The van der Waals surface area contributed by atoms with Gasteiger partial charge in [0, 0.05) is 32.2 Å². The zero-order chi connectivity index (χ0) is 12.8. The molecule has 1 unspecified atom stereocenters. The molecule has 1 amide bonds. The Bertz CT molecular complexity index is 259. The summed E-state index contributed by atoms with van der Waals surface area (Å²) in [6.45, 7) is 3.34. The van der Waals surface area contributed by atoms with Crippen LogP contribution in [0.15, 0.2) is 0 Å². The molecule has 0 aromatic rings.